The van der Waals surface area contributed by atoms with Crippen LogP contribution in [0, 0.1) is 0 Å². The largest absolute Gasteiger partial charge is 0.463 e. The van der Waals surface area contributed by atoms with Gasteiger partial charge in [0.25, 0.3) is 0 Å². The Bertz CT molecular complexity index is 406. The lowest BCUT2D eigenvalue weighted by atomic mass is 10.3. The van der Waals surface area contributed by atoms with Gasteiger partial charge in [-0.1, -0.05) is 6.92 Å². The fraction of sp³-hybridized carbons (Fsp3) is 0.700. The van der Waals surface area contributed by atoms with Crippen molar-refractivity contribution >= 4 is 11.9 Å². The Kier molecular flexibility index (Phi) is 3.78. The van der Waals surface area contributed by atoms with Crippen LogP contribution in [0.1, 0.15) is 13.3 Å². The van der Waals surface area contributed by atoms with Crippen LogP contribution in [-0.2, 0) is 0 Å². The highest BCUT2D eigenvalue weighted by molar-refractivity contribution is 5.38. The lowest BCUT2D eigenvalue weighted by molar-refractivity contribution is 0.0572. The van der Waals surface area contributed by atoms with E-state index in [4.69, 9.17) is 10.5 Å². The number of anilines is 2. The van der Waals surface area contributed by atoms with E-state index in [1.807, 2.05) is 6.92 Å². The first-order valence-corrected chi connectivity index (χ1v) is 5.85. The highest BCUT2D eigenvalue weighted by Crippen LogP contribution is 2.19. The van der Waals surface area contributed by atoms with Crippen molar-refractivity contribution in [1.82, 2.24) is 15.0 Å². The molecule has 1 aliphatic rings. The Labute approximate surface area is 104 Å². The van der Waals surface area contributed by atoms with Gasteiger partial charge in [0.15, 0.2) is 0 Å². The molecule has 2 atom stereocenters. The Morgan fingerprint density at radius 2 is 1.94 bits per heavy atom. The second kappa shape index (κ2) is 5.32. The highest BCUT2D eigenvalue weighted by atomic mass is 16.5. The summed E-state index contributed by atoms with van der Waals surface area (Å²) in [5.41, 5.74) is 5.57. The van der Waals surface area contributed by atoms with Crippen molar-refractivity contribution in [3.63, 3.8) is 0 Å². The number of rotatable bonds is 4. The van der Waals surface area contributed by atoms with Crippen LogP contribution in [0.3, 0.4) is 0 Å². The fourth-order valence-electron chi connectivity index (χ4n) is 1.69. The van der Waals surface area contributed by atoms with Crippen LogP contribution in [-0.4, -0.2) is 57.1 Å². The molecule has 1 saturated heterocycles. The van der Waals surface area contributed by atoms with Crippen molar-refractivity contribution in [2.24, 2.45) is 0 Å². The molecule has 100 valence electrons. The van der Waals surface area contributed by atoms with Gasteiger partial charge in [0.1, 0.15) is 0 Å². The quantitative estimate of drug-likeness (QED) is 0.613. The Morgan fingerprint density at radius 1 is 1.28 bits per heavy atom. The molecule has 4 N–H and O–H groups in total. The van der Waals surface area contributed by atoms with Gasteiger partial charge in [-0.3, -0.25) is 0 Å². The van der Waals surface area contributed by atoms with E-state index in [0.29, 0.717) is 12.6 Å². The standard InChI is InChI=1S/C10H17N5O3/c1-2-3-18-10-13-8(11)12-9(14-10)15-4-6(16)7(17)5-15/h6-7,16-17H,2-5H2,1H3,(H2,11,12,13,14). The van der Waals surface area contributed by atoms with E-state index in [9.17, 15) is 10.2 Å². The zero-order valence-electron chi connectivity index (χ0n) is 10.2. The fourth-order valence-corrected chi connectivity index (χ4v) is 1.69. The number of ether oxygens (including phenoxy) is 1. The smallest absolute Gasteiger partial charge is 0.323 e. The molecule has 1 aromatic heterocycles. The number of aromatic nitrogens is 3. The van der Waals surface area contributed by atoms with Crippen LogP contribution in [0.2, 0.25) is 0 Å². The molecule has 2 unspecified atom stereocenters. The summed E-state index contributed by atoms with van der Waals surface area (Å²) in [6.07, 6.45) is -0.770. The van der Waals surface area contributed by atoms with E-state index in [0.717, 1.165) is 6.42 Å². The van der Waals surface area contributed by atoms with E-state index in [-0.39, 0.29) is 25.0 Å². The van der Waals surface area contributed by atoms with E-state index >= 15 is 0 Å². The van der Waals surface area contributed by atoms with Gasteiger partial charge in [-0.2, -0.15) is 15.0 Å². The van der Waals surface area contributed by atoms with Gasteiger partial charge in [0, 0.05) is 13.1 Å². The topological polar surface area (TPSA) is 118 Å². The van der Waals surface area contributed by atoms with Gasteiger partial charge >= 0.3 is 6.01 Å². The number of hydrogen-bond donors (Lipinski definition) is 3. The van der Waals surface area contributed by atoms with Gasteiger partial charge in [-0.15, -0.1) is 0 Å². The maximum Gasteiger partial charge on any atom is 0.323 e. The van der Waals surface area contributed by atoms with Gasteiger partial charge in [-0.05, 0) is 6.42 Å². The molecule has 0 amide bonds. The molecule has 1 aliphatic heterocycles. The second-order valence-corrected chi connectivity index (χ2v) is 4.16. The lowest BCUT2D eigenvalue weighted by Gasteiger charge is -2.15. The predicted molar refractivity (Wildman–Crippen MR) is 64.3 cm³/mol. The summed E-state index contributed by atoms with van der Waals surface area (Å²) < 4.78 is 5.30. The molecule has 2 rings (SSSR count). The number of β-amino-alcohol motifs (C(OH)–C–C–N with tert-alkyl or cyclic N) is 2. The monoisotopic (exact) mass is 255 g/mol. The SMILES string of the molecule is CCCOc1nc(N)nc(N2CC(O)C(O)C2)n1. The number of nitrogen functional groups attached to an aromatic ring is 1. The molecule has 0 saturated carbocycles. The highest BCUT2D eigenvalue weighted by Gasteiger charge is 2.31. The zero-order valence-corrected chi connectivity index (χ0v) is 10.2. The number of nitrogens with two attached hydrogens (primary N) is 1. The van der Waals surface area contributed by atoms with Gasteiger partial charge < -0.3 is 25.6 Å². The van der Waals surface area contributed by atoms with Gasteiger partial charge in [0.05, 0.1) is 18.8 Å². The van der Waals surface area contributed by atoms with Crippen LogP contribution in [0.25, 0.3) is 0 Å². The average molecular weight is 255 g/mol. The van der Waals surface area contributed by atoms with Crippen molar-refractivity contribution in [3.05, 3.63) is 0 Å². The second-order valence-electron chi connectivity index (χ2n) is 4.16. The molecule has 0 aromatic carbocycles. The third-order valence-electron chi connectivity index (χ3n) is 2.60. The maximum absolute atomic E-state index is 9.48. The van der Waals surface area contributed by atoms with Crippen LogP contribution in [0.15, 0.2) is 0 Å². The molecule has 2 heterocycles. The first kappa shape index (κ1) is 12.8. The number of nitrogens with zero attached hydrogens (tertiary/aromatic N) is 4. The van der Waals surface area contributed by atoms with Gasteiger partial charge in [-0.25, -0.2) is 0 Å². The minimum absolute atomic E-state index is 0.0574. The number of aliphatic hydroxyl groups excluding tert-OH is 2. The third-order valence-corrected chi connectivity index (χ3v) is 2.60. The number of aliphatic hydroxyl groups is 2. The molecule has 0 spiro atoms. The molecule has 8 heteroatoms. The third kappa shape index (κ3) is 2.77. The summed E-state index contributed by atoms with van der Waals surface area (Å²) in [5.74, 6) is 0.367. The first-order chi connectivity index (χ1) is 8.60. The van der Waals surface area contributed by atoms with Crippen LogP contribution in [0.5, 0.6) is 6.01 Å². The molecule has 0 radical (unpaired) electrons. The van der Waals surface area contributed by atoms with Crippen LogP contribution >= 0.6 is 0 Å². The molecule has 0 bridgehead atoms. The minimum atomic E-state index is -0.803. The average Bonchev–Trinajstić information content (AvgIpc) is 2.66. The molecular formula is C10H17N5O3. The summed E-state index contributed by atoms with van der Waals surface area (Å²) in [6, 6.07) is 0.162. The van der Waals surface area contributed by atoms with E-state index in [1.54, 1.807) is 4.90 Å². The Hall–Kier alpha value is -1.67. The number of hydrogen-bond acceptors (Lipinski definition) is 8. The van der Waals surface area contributed by atoms with Crippen molar-refractivity contribution in [2.75, 3.05) is 30.3 Å². The van der Waals surface area contributed by atoms with E-state index in [2.05, 4.69) is 15.0 Å². The Morgan fingerprint density at radius 3 is 2.56 bits per heavy atom. The predicted octanol–water partition coefficient (Wildman–Crippen LogP) is -1.22. The summed E-state index contributed by atoms with van der Waals surface area (Å²) in [6.45, 7) is 2.99. The van der Waals surface area contributed by atoms with E-state index in [1.165, 1.54) is 0 Å². The lowest BCUT2D eigenvalue weighted by Crippen LogP contribution is -2.24. The van der Waals surface area contributed by atoms with Gasteiger partial charge in [0.2, 0.25) is 11.9 Å². The molecule has 1 fully saturated rings. The van der Waals surface area contributed by atoms with Crippen molar-refractivity contribution < 1.29 is 14.9 Å². The van der Waals surface area contributed by atoms with Crippen molar-refractivity contribution in [1.29, 1.82) is 0 Å². The van der Waals surface area contributed by atoms with Crippen molar-refractivity contribution in [2.45, 2.75) is 25.6 Å². The normalized spacial score (nSPS) is 23.4. The summed E-state index contributed by atoms with van der Waals surface area (Å²) in [7, 11) is 0. The molecule has 0 aliphatic carbocycles. The summed E-state index contributed by atoms with van der Waals surface area (Å²) >= 11 is 0. The maximum atomic E-state index is 9.48. The van der Waals surface area contributed by atoms with Crippen molar-refractivity contribution in [3.8, 4) is 6.01 Å². The molecule has 8 nitrogen and oxygen atoms in total. The molecule has 18 heavy (non-hydrogen) atoms. The summed E-state index contributed by atoms with van der Waals surface area (Å²) in [4.78, 5) is 13.6. The minimum Gasteiger partial charge on any atom is -0.463 e. The molecular weight excluding hydrogens is 238 g/mol. The zero-order chi connectivity index (χ0) is 13.1. The van der Waals surface area contributed by atoms with E-state index < -0.39 is 12.2 Å². The summed E-state index contributed by atoms with van der Waals surface area (Å²) in [5, 5.41) is 19.0. The molecule has 1 aromatic rings. The van der Waals surface area contributed by atoms with Crippen LogP contribution in [0.4, 0.5) is 11.9 Å². The Balaban J connectivity index is 2.15. The first-order valence-electron chi connectivity index (χ1n) is 5.85. The van der Waals surface area contributed by atoms with Crippen LogP contribution < -0.4 is 15.4 Å².